The summed E-state index contributed by atoms with van der Waals surface area (Å²) in [6.45, 7) is 10.00. The molecule has 0 atom stereocenters. The van der Waals surface area contributed by atoms with E-state index in [1.165, 1.54) is 0 Å². The Labute approximate surface area is 158 Å². The summed E-state index contributed by atoms with van der Waals surface area (Å²) >= 11 is 11.8. The van der Waals surface area contributed by atoms with Gasteiger partial charge in [0.15, 0.2) is 0 Å². The van der Waals surface area contributed by atoms with Gasteiger partial charge in [0, 0.05) is 41.9 Å². The van der Waals surface area contributed by atoms with Crippen molar-refractivity contribution in [2.24, 2.45) is 0 Å². The highest BCUT2D eigenvalue weighted by Gasteiger charge is 2.47. The normalized spacial score (nSPS) is 19.6. The van der Waals surface area contributed by atoms with E-state index in [1.54, 1.807) is 16.4 Å². The van der Waals surface area contributed by atoms with Crippen molar-refractivity contribution in [2.75, 3.05) is 45.6 Å². The highest BCUT2D eigenvalue weighted by atomic mass is 35.5. The van der Waals surface area contributed by atoms with Crippen molar-refractivity contribution in [1.29, 1.82) is 0 Å². The SMILES string of the molecule is CC.CN1CCOC2(C1)CN(SF)C2.Cc1c(Cl)cc(N)cc1Cl. The molecule has 24 heavy (non-hydrogen) atoms. The summed E-state index contributed by atoms with van der Waals surface area (Å²) in [5.74, 6) is 0. The summed E-state index contributed by atoms with van der Waals surface area (Å²) < 4.78 is 19.4. The molecule has 2 fully saturated rings. The van der Waals surface area contributed by atoms with E-state index in [4.69, 9.17) is 33.7 Å². The molecule has 8 heteroatoms. The Morgan fingerprint density at radius 3 is 2.21 bits per heavy atom. The van der Waals surface area contributed by atoms with Crippen LogP contribution in [0.2, 0.25) is 10.0 Å². The maximum atomic E-state index is 12.0. The summed E-state index contributed by atoms with van der Waals surface area (Å²) in [4.78, 5) is 2.24. The summed E-state index contributed by atoms with van der Waals surface area (Å²) in [6, 6.07) is 3.37. The van der Waals surface area contributed by atoms with Gasteiger partial charge in [-0.15, -0.1) is 3.89 Å². The van der Waals surface area contributed by atoms with Gasteiger partial charge in [0.1, 0.15) is 17.9 Å². The predicted octanol–water partition coefficient (Wildman–Crippen LogP) is 4.45. The smallest absolute Gasteiger partial charge is 0.134 e. The molecular formula is C16H26Cl2FN3OS. The standard InChI is InChI=1S/C7H7Cl2N.C7H13FN2OS.C2H6/c1-4-6(8)2-5(10)3-7(4)9;1-9-2-3-11-7(4-9)5-10(6-7)12-8;1-2/h2-3H,10H2,1H3;2-6H2,1H3;1-2H3. The van der Waals surface area contributed by atoms with Gasteiger partial charge in [-0.1, -0.05) is 37.0 Å². The maximum Gasteiger partial charge on any atom is 0.134 e. The van der Waals surface area contributed by atoms with E-state index in [0.29, 0.717) is 28.1 Å². The van der Waals surface area contributed by atoms with Gasteiger partial charge in [0.2, 0.25) is 0 Å². The Morgan fingerprint density at radius 2 is 1.75 bits per heavy atom. The number of hydrogen-bond donors (Lipinski definition) is 1. The molecule has 2 heterocycles. The van der Waals surface area contributed by atoms with Crippen LogP contribution in [0, 0.1) is 6.92 Å². The second kappa shape index (κ2) is 10.0. The second-order valence-electron chi connectivity index (χ2n) is 5.75. The lowest BCUT2D eigenvalue weighted by Crippen LogP contribution is -2.67. The van der Waals surface area contributed by atoms with Crippen molar-refractivity contribution in [3.05, 3.63) is 27.7 Å². The lowest BCUT2D eigenvalue weighted by molar-refractivity contribution is -0.156. The number of rotatable bonds is 1. The number of halogens is 3. The van der Waals surface area contributed by atoms with Gasteiger partial charge >= 0.3 is 0 Å². The third-order valence-electron chi connectivity index (χ3n) is 3.77. The molecule has 2 aliphatic rings. The fourth-order valence-electron chi connectivity index (χ4n) is 2.54. The summed E-state index contributed by atoms with van der Waals surface area (Å²) in [7, 11) is 2.08. The molecule has 0 radical (unpaired) electrons. The lowest BCUT2D eigenvalue weighted by Gasteiger charge is -2.51. The number of nitrogens with zero attached hydrogens (tertiary/aromatic N) is 2. The van der Waals surface area contributed by atoms with Crippen LogP contribution in [0.4, 0.5) is 9.57 Å². The molecule has 0 bridgehead atoms. The number of ether oxygens (including phenoxy) is 1. The van der Waals surface area contributed by atoms with E-state index in [9.17, 15) is 3.89 Å². The van der Waals surface area contributed by atoms with Crippen LogP contribution in [0.5, 0.6) is 0 Å². The number of hydrogen-bond acceptors (Lipinski definition) is 5. The van der Waals surface area contributed by atoms with E-state index in [0.717, 1.165) is 38.3 Å². The van der Waals surface area contributed by atoms with Crippen LogP contribution in [0.3, 0.4) is 0 Å². The first-order valence-corrected chi connectivity index (χ1v) is 9.35. The zero-order valence-electron chi connectivity index (χ0n) is 14.6. The molecule has 1 aromatic carbocycles. The summed E-state index contributed by atoms with van der Waals surface area (Å²) in [5, 5.41) is 1.23. The molecule has 0 amide bonds. The van der Waals surface area contributed by atoms with Crippen LogP contribution < -0.4 is 5.73 Å². The van der Waals surface area contributed by atoms with Crippen molar-refractivity contribution in [1.82, 2.24) is 9.21 Å². The number of nitrogens with two attached hydrogens (primary N) is 1. The number of likely N-dealkylation sites (N-methyl/N-ethyl adjacent to an activating group) is 1. The van der Waals surface area contributed by atoms with Gasteiger partial charge in [0.05, 0.1) is 6.61 Å². The number of morpholine rings is 1. The Kier molecular flexibility index (Phi) is 9.12. The van der Waals surface area contributed by atoms with Gasteiger partial charge in [-0.25, -0.2) is 4.31 Å². The Morgan fingerprint density at radius 1 is 1.21 bits per heavy atom. The first-order chi connectivity index (χ1) is 11.3. The van der Waals surface area contributed by atoms with Gasteiger partial charge in [-0.2, -0.15) is 0 Å². The average molecular weight is 398 g/mol. The predicted molar refractivity (Wildman–Crippen MR) is 103 cm³/mol. The number of anilines is 1. The van der Waals surface area contributed by atoms with Crippen LogP contribution in [-0.4, -0.2) is 54.6 Å². The maximum absolute atomic E-state index is 12.0. The molecule has 0 aliphatic carbocycles. The van der Waals surface area contributed by atoms with Crippen LogP contribution in [0.1, 0.15) is 19.4 Å². The number of benzene rings is 1. The van der Waals surface area contributed by atoms with Gasteiger partial charge < -0.3 is 15.4 Å². The second-order valence-corrected chi connectivity index (χ2v) is 7.21. The third-order valence-corrected chi connectivity index (χ3v) is 5.01. The molecule has 0 aromatic heterocycles. The molecule has 2 aliphatic heterocycles. The largest absolute Gasteiger partial charge is 0.399 e. The van der Waals surface area contributed by atoms with Crippen molar-refractivity contribution < 1.29 is 8.62 Å². The summed E-state index contributed by atoms with van der Waals surface area (Å²) in [6.07, 6.45) is 0. The topological polar surface area (TPSA) is 41.7 Å². The van der Waals surface area contributed by atoms with E-state index >= 15 is 0 Å². The van der Waals surface area contributed by atoms with Crippen LogP contribution in [0.15, 0.2) is 12.1 Å². The van der Waals surface area contributed by atoms with E-state index < -0.39 is 0 Å². The van der Waals surface area contributed by atoms with Gasteiger partial charge in [0.25, 0.3) is 0 Å². The fraction of sp³-hybridized carbons (Fsp3) is 0.625. The van der Waals surface area contributed by atoms with E-state index in [1.807, 2.05) is 20.8 Å². The zero-order valence-corrected chi connectivity index (χ0v) is 16.9. The van der Waals surface area contributed by atoms with Crippen molar-refractivity contribution >= 4 is 41.2 Å². The Bertz CT molecular complexity index is 507. The molecule has 4 nitrogen and oxygen atoms in total. The van der Waals surface area contributed by atoms with Crippen molar-refractivity contribution in [3.8, 4) is 0 Å². The fourth-order valence-corrected chi connectivity index (χ4v) is 3.61. The van der Waals surface area contributed by atoms with Crippen molar-refractivity contribution in [2.45, 2.75) is 26.4 Å². The molecular weight excluding hydrogens is 372 g/mol. The minimum Gasteiger partial charge on any atom is -0.399 e. The average Bonchev–Trinajstić information content (AvgIpc) is 2.52. The quantitative estimate of drug-likeness (QED) is 0.559. The van der Waals surface area contributed by atoms with E-state index in [2.05, 4.69) is 11.9 Å². The zero-order chi connectivity index (χ0) is 18.3. The highest BCUT2D eigenvalue weighted by molar-refractivity contribution is 7.92. The van der Waals surface area contributed by atoms with Gasteiger partial charge in [-0.05, 0) is 31.7 Å². The lowest BCUT2D eigenvalue weighted by atomic mass is 9.95. The Hall–Kier alpha value is -0.240. The monoisotopic (exact) mass is 397 g/mol. The molecule has 2 saturated heterocycles. The molecule has 1 aromatic rings. The third kappa shape index (κ3) is 5.93. The van der Waals surface area contributed by atoms with Crippen LogP contribution in [-0.2, 0) is 4.74 Å². The molecule has 2 N–H and O–H groups in total. The highest BCUT2D eigenvalue weighted by Crippen LogP contribution is 2.33. The summed E-state index contributed by atoms with van der Waals surface area (Å²) in [5.41, 5.74) is 6.87. The Balaban J connectivity index is 0.000000221. The minimum atomic E-state index is -0.0634. The van der Waals surface area contributed by atoms with Crippen molar-refractivity contribution in [3.63, 3.8) is 0 Å². The molecule has 1 spiro atoms. The number of nitrogen functional groups attached to an aromatic ring is 1. The van der Waals surface area contributed by atoms with Crippen LogP contribution in [0.25, 0.3) is 0 Å². The first kappa shape index (κ1) is 21.8. The molecule has 3 rings (SSSR count). The molecule has 0 unspecified atom stereocenters. The minimum absolute atomic E-state index is 0.0634. The molecule has 0 saturated carbocycles. The van der Waals surface area contributed by atoms with Crippen LogP contribution >= 0.6 is 35.5 Å². The van der Waals surface area contributed by atoms with Gasteiger partial charge in [-0.3, -0.25) is 0 Å². The first-order valence-electron chi connectivity index (χ1n) is 7.92. The van der Waals surface area contributed by atoms with E-state index in [-0.39, 0.29) is 5.60 Å². The molecule has 138 valence electrons.